The van der Waals surface area contributed by atoms with E-state index in [1.165, 1.54) is 0 Å². The number of rotatable bonds is 3. The van der Waals surface area contributed by atoms with Gasteiger partial charge in [0.25, 0.3) is 0 Å². The molecule has 8 heteroatoms. The Labute approximate surface area is 161 Å². The molecule has 156 valence electrons. The Morgan fingerprint density at radius 2 is 1.67 bits per heavy atom. The maximum absolute atomic E-state index is 13.8. The molecule has 5 atom stereocenters. The van der Waals surface area contributed by atoms with E-state index in [1.807, 2.05) is 11.8 Å². The summed E-state index contributed by atoms with van der Waals surface area (Å²) in [6, 6.07) is -0.503. The zero-order valence-corrected chi connectivity index (χ0v) is 17.4. The van der Waals surface area contributed by atoms with Gasteiger partial charge in [0.15, 0.2) is 0 Å². The van der Waals surface area contributed by atoms with Crippen molar-refractivity contribution in [2.45, 2.75) is 101 Å². The van der Waals surface area contributed by atoms with Crippen LogP contribution in [0.15, 0.2) is 0 Å². The van der Waals surface area contributed by atoms with Crippen molar-refractivity contribution in [2.75, 3.05) is 6.54 Å². The number of sulfonamides is 1. The first-order chi connectivity index (χ1) is 12.5. The highest BCUT2D eigenvalue weighted by molar-refractivity contribution is 7.89. The van der Waals surface area contributed by atoms with E-state index in [2.05, 4.69) is 0 Å². The van der Waals surface area contributed by atoms with Crippen LogP contribution in [0.1, 0.15) is 72.1 Å². The average molecular weight is 407 g/mol. The second kappa shape index (κ2) is 7.58. The molecule has 0 N–H and O–H groups in total. The van der Waals surface area contributed by atoms with Gasteiger partial charge in [0.1, 0.15) is 0 Å². The van der Waals surface area contributed by atoms with E-state index in [4.69, 9.17) is 0 Å². The fourth-order valence-corrected chi connectivity index (χ4v) is 7.84. The summed E-state index contributed by atoms with van der Waals surface area (Å²) in [5, 5.41) is -0.735. The number of hydrogen-bond donors (Lipinski definition) is 0. The van der Waals surface area contributed by atoms with E-state index in [9.17, 15) is 22.0 Å². The van der Waals surface area contributed by atoms with Gasteiger partial charge in [-0.3, -0.25) is 4.79 Å². The Kier molecular flexibility index (Phi) is 5.88. The lowest BCUT2D eigenvalue weighted by Gasteiger charge is -2.52. The predicted octanol–water partition coefficient (Wildman–Crippen LogP) is 3.39. The van der Waals surface area contributed by atoms with Crippen molar-refractivity contribution < 1.29 is 22.0 Å². The van der Waals surface area contributed by atoms with Crippen molar-refractivity contribution in [1.82, 2.24) is 9.21 Å². The zero-order chi connectivity index (χ0) is 20.0. The summed E-state index contributed by atoms with van der Waals surface area (Å²) < 4.78 is 56.2. The highest BCUT2D eigenvalue weighted by Gasteiger charge is 2.50. The lowest BCUT2D eigenvalue weighted by atomic mass is 9.85. The van der Waals surface area contributed by atoms with Gasteiger partial charge in [0.2, 0.25) is 21.9 Å². The normalized spacial score (nSPS) is 36.3. The van der Waals surface area contributed by atoms with Crippen molar-refractivity contribution in [3.63, 3.8) is 0 Å². The number of amides is 1. The summed E-state index contributed by atoms with van der Waals surface area (Å²) in [6.45, 7) is 4.60. The Balaban J connectivity index is 1.86. The largest absolute Gasteiger partial charge is 0.334 e. The van der Waals surface area contributed by atoms with E-state index in [0.717, 1.165) is 32.6 Å². The summed E-state index contributed by atoms with van der Waals surface area (Å²) in [7, 11) is -3.67. The number of piperazine rings is 1. The molecule has 0 spiro atoms. The summed E-state index contributed by atoms with van der Waals surface area (Å²) in [5.74, 6) is -3.73. The van der Waals surface area contributed by atoms with Crippen molar-refractivity contribution >= 4 is 15.9 Å². The Bertz CT molecular complexity index is 664. The molecule has 1 amide bonds. The molecule has 3 fully saturated rings. The molecule has 2 aliphatic carbocycles. The van der Waals surface area contributed by atoms with Crippen molar-refractivity contribution in [3.05, 3.63) is 0 Å². The van der Waals surface area contributed by atoms with Crippen LogP contribution in [0.5, 0.6) is 0 Å². The first kappa shape index (κ1) is 21.0. The predicted molar refractivity (Wildman–Crippen MR) is 100 cm³/mol. The van der Waals surface area contributed by atoms with Crippen molar-refractivity contribution in [1.29, 1.82) is 0 Å². The fraction of sp³-hybridized carbons (Fsp3) is 0.947. The smallest absolute Gasteiger partial charge is 0.248 e. The number of fused-ring (bicyclic) bond motifs is 1. The molecule has 5 nitrogen and oxygen atoms in total. The fourth-order valence-electron chi connectivity index (χ4n) is 5.47. The maximum Gasteiger partial charge on any atom is 0.248 e. The van der Waals surface area contributed by atoms with E-state index < -0.39 is 27.1 Å². The highest BCUT2D eigenvalue weighted by atomic mass is 32.2. The van der Waals surface area contributed by atoms with Crippen LogP contribution in [0.2, 0.25) is 0 Å². The number of hydrogen-bond acceptors (Lipinski definition) is 3. The van der Waals surface area contributed by atoms with Gasteiger partial charge in [-0.05, 0) is 46.0 Å². The second-order valence-corrected chi connectivity index (χ2v) is 10.9. The third kappa shape index (κ3) is 4.02. The molecule has 3 aliphatic rings. The molecule has 2 saturated carbocycles. The minimum absolute atomic E-state index is 0.0141. The number of carbonyl (C=O) groups is 1. The van der Waals surface area contributed by atoms with Gasteiger partial charge in [0, 0.05) is 37.5 Å². The monoisotopic (exact) mass is 406 g/mol. The molecular weight excluding hydrogens is 374 g/mol. The Morgan fingerprint density at radius 1 is 1.04 bits per heavy atom. The molecule has 0 aromatic carbocycles. The van der Waals surface area contributed by atoms with E-state index in [-0.39, 0.29) is 37.0 Å². The topological polar surface area (TPSA) is 57.7 Å². The van der Waals surface area contributed by atoms with Gasteiger partial charge in [-0.25, -0.2) is 17.2 Å². The third-order valence-electron chi connectivity index (χ3n) is 6.79. The minimum atomic E-state index is -3.67. The average Bonchev–Trinajstić information content (AvgIpc) is 2.60. The van der Waals surface area contributed by atoms with Crippen LogP contribution in [0.25, 0.3) is 0 Å². The summed E-state index contributed by atoms with van der Waals surface area (Å²) in [6.07, 6.45) is 4.86. The van der Waals surface area contributed by atoms with Gasteiger partial charge >= 0.3 is 0 Å². The van der Waals surface area contributed by atoms with E-state index in [0.29, 0.717) is 19.3 Å². The third-order valence-corrected chi connectivity index (χ3v) is 9.14. The molecule has 5 unspecified atom stereocenters. The Hall–Kier alpha value is -0.760. The van der Waals surface area contributed by atoms with Gasteiger partial charge in [-0.1, -0.05) is 19.3 Å². The van der Waals surface area contributed by atoms with Gasteiger partial charge < -0.3 is 4.90 Å². The Morgan fingerprint density at radius 3 is 2.26 bits per heavy atom. The molecule has 0 bridgehead atoms. The highest BCUT2D eigenvalue weighted by Crippen LogP contribution is 2.41. The maximum atomic E-state index is 13.8. The number of carbonyl (C=O) groups excluding carboxylic acids is 1. The van der Waals surface area contributed by atoms with E-state index >= 15 is 0 Å². The number of halogens is 2. The molecule has 0 aromatic rings. The summed E-state index contributed by atoms with van der Waals surface area (Å²) in [5.41, 5.74) is 0. The number of nitrogens with zero attached hydrogens (tertiary/aromatic N) is 2. The van der Waals surface area contributed by atoms with Crippen molar-refractivity contribution in [2.24, 2.45) is 5.92 Å². The molecule has 27 heavy (non-hydrogen) atoms. The SMILES string of the molecule is CC(=O)N1C(C)CN(S(=O)(=O)C2CCCC(C(C)(F)F)C2)C2CCCCC21. The minimum Gasteiger partial charge on any atom is -0.334 e. The van der Waals surface area contributed by atoms with Crippen LogP contribution < -0.4 is 0 Å². The lowest BCUT2D eigenvalue weighted by Crippen LogP contribution is -2.67. The van der Waals surface area contributed by atoms with Crippen LogP contribution in [0, 0.1) is 5.92 Å². The van der Waals surface area contributed by atoms with E-state index in [1.54, 1.807) is 11.2 Å². The van der Waals surface area contributed by atoms with Crippen LogP contribution in [-0.4, -0.2) is 59.4 Å². The van der Waals surface area contributed by atoms with Crippen LogP contribution in [0.3, 0.4) is 0 Å². The molecule has 1 heterocycles. The van der Waals surface area contributed by atoms with Gasteiger partial charge in [0.05, 0.1) is 5.25 Å². The van der Waals surface area contributed by atoms with Crippen molar-refractivity contribution in [3.8, 4) is 0 Å². The molecule has 3 rings (SSSR count). The van der Waals surface area contributed by atoms with Crippen LogP contribution >= 0.6 is 0 Å². The lowest BCUT2D eigenvalue weighted by molar-refractivity contribution is -0.139. The van der Waals surface area contributed by atoms with Crippen LogP contribution in [0.4, 0.5) is 8.78 Å². The van der Waals surface area contributed by atoms with Gasteiger partial charge in [-0.15, -0.1) is 0 Å². The standard InChI is InChI=1S/C19H32F2N2O3S/c1-13-12-22(17-9-4-5-10-18(17)23(13)14(2)24)27(25,26)16-8-6-7-15(11-16)19(3,20)21/h13,15-18H,4-12H2,1-3H3. The first-order valence-corrected chi connectivity index (χ1v) is 11.7. The number of alkyl halides is 2. The van der Waals surface area contributed by atoms with Crippen LogP contribution in [-0.2, 0) is 14.8 Å². The molecule has 0 aromatic heterocycles. The summed E-state index contributed by atoms with van der Waals surface area (Å²) >= 11 is 0. The molecule has 1 saturated heterocycles. The first-order valence-electron chi connectivity index (χ1n) is 10.2. The molecule has 0 radical (unpaired) electrons. The van der Waals surface area contributed by atoms with Gasteiger partial charge in [-0.2, -0.15) is 4.31 Å². The second-order valence-electron chi connectivity index (χ2n) is 8.75. The summed E-state index contributed by atoms with van der Waals surface area (Å²) in [4.78, 5) is 14.0. The molecular formula is C19H32F2N2O3S. The quantitative estimate of drug-likeness (QED) is 0.722. The zero-order valence-electron chi connectivity index (χ0n) is 16.5. The molecule has 1 aliphatic heterocycles.